The minimum atomic E-state index is -2.51. The van der Waals surface area contributed by atoms with Gasteiger partial charge in [0.1, 0.15) is 7.14 Å². The number of nitrogen functional groups attached to an aromatic ring is 1. The van der Waals surface area contributed by atoms with Gasteiger partial charge in [-0.25, -0.2) is 4.79 Å². The monoisotopic (exact) mass is 213 g/mol. The summed E-state index contributed by atoms with van der Waals surface area (Å²) in [5, 5.41) is 9.16. The Hall–Kier alpha value is -1.28. The molecule has 5 heteroatoms. The molecule has 0 radical (unpaired) electrons. The topological polar surface area (TPSA) is 80.4 Å². The van der Waals surface area contributed by atoms with Crippen LogP contribution in [0.1, 0.15) is 10.4 Å². The molecule has 0 aromatic heterocycles. The Morgan fingerprint density at radius 1 is 1.43 bits per heavy atom. The summed E-state index contributed by atoms with van der Waals surface area (Å²) in [5.41, 5.74) is 6.10. The SMILES string of the molecule is CP(C)(=O)c1cc(C(=O)O)ccc1N. The number of carbonyl (C=O) groups is 1. The van der Waals surface area contributed by atoms with E-state index in [0.29, 0.717) is 11.0 Å². The summed E-state index contributed by atoms with van der Waals surface area (Å²) in [5.74, 6) is -1.04. The molecule has 0 saturated carbocycles. The lowest BCUT2D eigenvalue weighted by Gasteiger charge is -2.10. The van der Waals surface area contributed by atoms with E-state index in [4.69, 9.17) is 10.8 Å². The van der Waals surface area contributed by atoms with Crippen LogP contribution in [0.5, 0.6) is 0 Å². The first-order chi connectivity index (χ1) is 6.32. The van der Waals surface area contributed by atoms with Crippen molar-refractivity contribution in [3.63, 3.8) is 0 Å². The number of carboxylic acids is 1. The number of aromatic carboxylic acids is 1. The maximum absolute atomic E-state index is 11.7. The van der Waals surface area contributed by atoms with Crippen molar-refractivity contribution in [2.45, 2.75) is 0 Å². The first-order valence-corrected chi connectivity index (χ1v) is 6.61. The standard InChI is InChI=1S/C9H12NO3P/c1-14(2,13)8-5-6(9(11)12)3-4-7(8)10/h3-5H,10H2,1-2H3,(H,11,12). The van der Waals surface area contributed by atoms with E-state index in [0.717, 1.165) is 0 Å². The highest BCUT2D eigenvalue weighted by atomic mass is 31.2. The van der Waals surface area contributed by atoms with Crippen molar-refractivity contribution in [3.05, 3.63) is 23.8 Å². The van der Waals surface area contributed by atoms with Gasteiger partial charge >= 0.3 is 5.97 Å². The highest BCUT2D eigenvalue weighted by Crippen LogP contribution is 2.37. The van der Waals surface area contributed by atoms with Crippen molar-refractivity contribution in [1.29, 1.82) is 0 Å². The summed E-state index contributed by atoms with van der Waals surface area (Å²) in [6.45, 7) is 3.12. The minimum absolute atomic E-state index is 0.109. The fraction of sp³-hybridized carbons (Fsp3) is 0.222. The van der Waals surface area contributed by atoms with Crippen LogP contribution < -0.4 is 11.0 Å². The van der Waals surface area contributed by atoms with Crippen molar-refractivity contribution in [2.75, 3.05) is 19.1 Å². The van der Waals surface area contributed by atoms with Gasteiger partial charge in [-0.15, -0.1) is 0 Å². The van der Waals surface area contributed by atoms with Crippen LogP contribution in [0.2, 0.25) is 0 Å². The number of hydrogen-bond donors (Lipinski definition) is 2. The number of rotatable bonds is 2. The van der Waals surface area contributed by atoms with Crippen LogP contribution in [0.15, 0.2) is 18.2 Å². The Morgan fingerprint density at radius 2 is 2.00 bits per heavy atom. The summed E-state index contributed by atoms with van der Waals surface area (Å²) in [4.78, 5) is 10.7. The van der Waals surface area contributed by atoms with Gasteiger partial charge in [0.05, 0.1) is 5.56 Å². The molecule has 1 rings (SSSR count). The Morgan fingerprint density at radius 3 is 2.43 bits per heavy atom. The molecule has 0 aliphatic heterocycles. The first-order valence-electron chi connectivity index (χ1n) is 4.01. The van der Waals surface area contributed by atoms with E-state index >= 15 is 0 Å². The molecule has 3 N–H and O–H groups in total. The van der Waals surface area contributed by atoms with E-state index in [1.54, 1.807) is 13.3 Å². The average molecular weight is 213 g/mol. The number of hydrogen-bond acceptors (Lipinski definition) is 3. The van der Waals surface area contributed by atoms with Crippen molar-refractivity contribution in [1.82, 2.24) is 0 Å². The predicted octanol–water partition coefficient (Wildman–Crippen LogP) is 1.21. The molecule has 0 fully saturated rings. The smallest absolute Gasteiger partial charge is 0.335 e. The van der Waals surface area contributed by atoms with E-state index in [2.05, 4.69) is 0 Å². The van der Waals surface area contributed by atoms with Gasteiger partial charge in [-0.1, -0.05) is 0 Å². The van der Waals surface area contributed by atoms with E-state index in [9.17, 15) is 9.36 Å². The van der Waals surface area contributed by atoms with Crippen LogP contribution in [0.4, 0.5) is 5.69 Å². The maximum Gasteiger partial charge on any atom is 0.335 e. The van der Waals surface area contributed by atoms with E-state index in [1.165, 1.54) is 18.2 Å². The molecule has 0 aliphatic carbocycles. The van der Waals surface area contributed by atoms with Gasteiger partial charge in [-0.05, 0) is 31.5 Å². The Bertz CT molecular complexity index is 422. The molecule has 76 valence electrons. The fourth-order valence-electron chi connectivity index (χ4n) is 1.14. The maximum atomic E-state index is 11.7. The van der Waals surface area contributed by atoms with Gasteiger partial charge in [-0.2, -0.15) is 0 Å². The summed E-state index contributed by atoms with van der Waals surface area (Å²) in [6, 6.07) is 4.24. The van der Waals surface area contributed by atoms with E-state index < -0.39 is 13.1 Å². The van der Waals surface area contributed by atoms with Crippen LogP contribution in [0.3, 0.4) is 0 Å². The third kappa shape index (κ3) is 2.15. The summed E-state index contributed by atoms with van der Waals surface area (Å²) in [7, 11) is -2.51. The zero-order valence-corrected chi connectivity index (χ0v) is 8.91. The van der Waals surface area contributed by atoms with Crippen LogP contribution in [-0.4, -0.2) is 24.4 Å². The molecule has 1 aromatic rings. The molecular formula is C9H12NO3P. The minimum Gasteiger partial charge on any atom is -0.478 e. The zero-order valence-electron chi connectivity index (χ0n) is 8.02. The predicted molar refractivity (Wildman–Crippen MR) is 56.9 cm³/mol. The quantitative estimate of drug-likeness (QED) is 0.571. The Kier molecular flexibility index (Phi) is 2.67. The lowest BCUT2D eigenvalue weighted by Crippen LogP contribution is -2.12. The highest BCUT2D eigenvalue weighted by Gasteiger charge is 2.16. The van der Waals surface area contributed by atoms with Crippen molar-refractivity contribution in [2.24, 2.45) is 0 Å². The largest absolute Gasteiger partial charge is 0.478 e. The molecule has 0 aliphatic rings. The summed E-state index contributed by atoms with van der Waals surface area (Å²) >= 11 is 0. The fourth-order valence-corrected chi connectivity index (χ4v) is 2.29. The molecule has 0 bridgehead atoms. The Labute approximate surface area is 82.1 Å². The summed E-state index contributed by atoms with van der Waals surface area (Å²) < 4.78 is 11.7. The molecule has 0 saturated heterocycles. The van der Waals surface area contributed by atoms with Gasteiger partial charge in [0, 0.05) is 11.0 Å². The number of benzene rings is 1. The third-order valence-electron chi connectivity index (χ3n) is 1.86. The highest BCUT2D eigenvalue weighted by molar-refractivity contribution is 7.70. The number of anilines is 1. The van der Waals surface area contributed by atoms with Gasteiger partial charge in [-0.3, -0.25) is 0 Å². The summed E-state index contributed by atoms with van der Waals surface area (Å²) in [6.07, 6.45) is 0. The van der Waals surface area contributed by atoms with Gasteiger partial charge < -0.3 is 15.4 Å². The zero-order chi connectivity index (χ0) is 10.9. The molecule has 4 nitrogen and oxygen atoms in total. The third-order valence-corrected chi connectivity index (χ3v) is 3.41. The molecule has 0 spiro atoms. The van der Waals surface area contributed by atoms with Crippen LogP contribution in [0.25, 0.3) is 0 Å². The molecule has 0 atom stereocenters. The van der Waals surface area contributed by atoms with E-state index in [-0.39, 0.29) is 5.56 Å². The number of carboxylic acid groups (broad SMARTS) is 1. The van der Waals surface area contributed by atoms with Crippen molar-refractivity contribution in [3.8, 4) is 0 Å². The van der Waals surface area contributed by atoms with Gasteiger partial charge in [0.15, 0.2) is 0 Å². The first kappa shape index (κ1) is 10.8. The second kappa shape index (κ2) is 3.46. The molecule has 0 heterocycles. The molecular weight excluding hydrogens is 201 g/mol. The van der Waals surface area contributed by atoms with Gasteiger partial charge in [0.25, 0.3) is 0 Å². The Balaban J connectivity index is 3.36. The lowest BCUT2D eigenvalue weighted by molar-refractivity contribution is 0.0697. The molecule has 14 heavy (non-hydrogen) atoms. The van der Waals surface area contributed by atoms with Crippen LogP contribution in [0, 0.1) is 0 Å². The molecule has 0 unspecified atom stereocenters. The number of nitrogens with two attached hydrogens (primary N) is 1. The van der Waals surface area contributed by atoms with Gasteiger partial charge in [0.2, 0.25) is 0 Å². The second-order valence-corrected chi connectivity index (χ2v) is 6.61. The lowest BCUT2D eigenvalue weighted by atomic mass is 10.2. The molecule has 1 aromatic carbocycles. The van der Waals surface area contributed by atoms with Crippen molar-refractivity contribution < 1.29 is 14.5 Å². The van der Waals surface area contributed by atoms with Crippen molar-refractivity contribution >= 4 is 24.1 Å². The second-order valence-electron chi connectivity index (χ2n) is 3.43. The van der Waals surface area contributed by atoms with Crippen LogP contribution in [-0.2, 0) is 4.57 Å². The molecule has 0 amide bonds. The normalized spacial score (nSPS) is 11.3. The van der Waals surface area contributed by atoms with Crippen LogP contribution >= 0.6 is 7.14 Å². The van der Waals surface area contributed by atoms with E-state index in [1.807, 2.05) is 0 Å². The average Bonchev–Trinajstić information content (AvgIpc) is 2.02.